The van der Waals surface area contributed by atoms with E-state index in [0.29, 0.717) is 25.1 Å². The van der Waals surface area contributed by atoms with Crippen LogP contribution in [0.25, 0.3) is 0 Å². The number of hydrogen-bond acceptors (Lipinski definition) is 4. The van der Waals surface area contributed by atoms with E-state index in [1.54, 1.807) is 18.3 Å². The van der Waals surface area contributed by atoms with Gasteiger partial charge in [-0.1, -0.05) is 42.5 Å². The molecule has 2 heterocycles. The Balaban J connectivity index is 1.39. The van der Waals surface area contributed by atoms with Crippen LogP contribution < -0.4 is 10.2 Å². The van der Waals surface area contributed by atoms with Crippen molar-refractivity contribution in [1.29, 1.82) is 0 Å². The first kappa shape index (κ1) is 18.7. The molecule has 1 saturated heterocycles. The second kappa shape index (κ2) is 7.52. The molecule has 1 amide bonds. The fraction of sp³-hybridized carbons (Fsp3) is 0.292. The van der Waals surface area contributed by atoms with Gasteiger partial charge in [-0.25, -0.2) is 14.4 Å². The van der Waals surface area contributed by atoms with Crippen LogP contribution in [-0.4, -0.2) is 29.0 Å². The van der Waals surface area contributed by atoms with Crippen LogP contribution in [0.3, 0.4) is 0 Å². The van der Waals surface area contributed by atoms with Crippen molar-refractivity contribution in [3.05, 3.63) is 89.6 Å². The maximum Gasteiger partial charge on any atom is 0.230 e. The van der Waals surface area contributed by atoms with Crippen molar-refractivity contribution in [3.8, 4) is 0 Å². The lowest BCUT2D eigenvalue weighted by Crippen LogP contribution is -2.65. The first-order valence-corrected chi connectivity index (χ1v) is 10.3. The molecule has 5 rings (SSSR count). The van der Waals surface area contributed by atoms with Crippen LogP contribution in [0, 0.1) is 11.2 Å². The van der Waals surface area contributed by atoms with E-state index in [0.717, 1.165) is 18.7 Å². The molecule has 2 aromatic carbocycles. The maximum absolute atomic E-state index is 14.4. The number of carbonyl (C=O) groups excluding carboxylic acids is 1. The summed E-state index contributed by atoms with van der Waals surface area (Å²) in [6, 6.07) is 16.8. The van der Waals surface area contributed by atoms with Crippen molar-refractivity contribution in [3.63, 3.8) is 0 Å². The van der Waals surface area contributed by atoms with Gasteiger partial charge in [0.15, 0.2) is 0 Å². The van der Waals surface area contributed by atoms with E-state index in [4.69, 9.17) is 0 Å². The van der Waals surface area contributed by atoms with Gasteiger partial charge in [-0.2, -0.15) is 0 Å². The van der Waals surface area contributed by atoms with Gasteiger partial charge in [-0.15, -0.1) is 0 Å². The molecule has 3 aromatic rings. The van der Waals surface area contributed by atoms with Crippen LogP contribution in [0.2, 0.25) is 0 Å². The van der Waals surface area contributed by atoms with Crippen LogP contribution in [-0.2, 0) is 17.6 Å². The third-order valence-electron chi connectivity index (χ3n) is 6.28. The summed E-state index contributed by atoms with van der Waals surface area (Å²) in [6.07, 6.45) is 5.42. The first-order chi connectivity index (χ1) is 14.6. The number of rotatable bonds is 5. The quantitative estimate of drug-likeness (QED) is 0.710. The summed E-state index contributed by atoms with van der Waals surface area (Å²) in [5, 5.41) is 3.27. The second-order valence-electron chi connectivity index (χ2n) is 8.24. The number of aromatic nitrogens is 2. The minimum atomic E-state index is -0.690. The van der Waals surface area contributed by atoms with Crippen molar-refractivity contribution in [2.75, 3.05) is 18.0 Å². The van der Waals surface area contributed by atoms with Gasteiger partial charge < -0.3 is 10.2 Å². The van der Waals surface area contributed by atoms with Crippen LogP contribution in [0.4, 0.5) is 10.2 Å². The van der Waals surface area contributed by atoms with E-state index < -0.39 is 5.41 Å². The number of carbonyl (C=O) groups is 1. The Morgan fingerprint density at radius 1 is 1.13 bits per heavy atom. The first-order valence-electron chi connectivity index (χ1n) is 10.3. The second-order valence-corrected chi connectivity index (χ2v) is 8.24. The van der Waals surface area contributed by atoms with Gasteiger partial charge in [0.25, 0.3) is 0 Å². The Kier molecular flexibility index (Phi) is 4.69. The van der Waals surface area contributed by atoms with Gasteiger partial charge in [-0.3, -0.25) is 4.79 Å². The molecule has 1 aliphatic carbocycles. The third-order valence-corrected chi connectivity index (χ3v) is 6.28. The Hall–Kier alpha value is -3.28. The number of nitrogens with one attached hydrogen (secondary N) is 1. The van der Waals surface area contributed by atoms with Crippen molar-refractivity contribution in [2.45, 2.75) is 25.3 Å². The minimum absolute atomic E-state index is 0.0132. The topological polar surface area (TPSA) is 58.1 Å². The average Bonchev–Trinajstić information content (AvgIpc) is 3.15. The number of anilines is 1. The van der Waals surface area contributed by atoms with Gasteiger partial charge in [0.1, 0.15) is 18.0 Å². The molecule has 0 radical (unpaired) electrons. The van der Waals surface area contributed by atoms with Gasteiger partial charge in [0, 0.05) is 19.3 Å². The highest BCUT2D eigenvalue weighted by Gasteiger charge is 2.50. The van der Waals surface area contributed by atoms with E-state index in [-0.39, 0.29) is 17.8 Å². The summed E-state index contributed by atoms with van der Waals surface area (Å²) in [5.41, 5.74) is 2.37. The van der Waals surface area contributed by atoms with E-state index in [9.17, 15) is 9.18 Å². The van der Waals surface area contributed by atoms with Gasteiger partial charge >= 0.3 is 0 Å². The molecule has 1 atom stereocenters. The van der Waals surface area contributed by atoms with Crippen molar-refractivity contribution >= 4 is 11.7 Å². The number of benzene rings is 2. The molecule has 0 saturated carbocycles. The zero-order chi connectivity index (χ0) is 20.6. The fourth-order valence-corrected chi connectivity index (χ4v) is 4.68. The molecule has 0 bridgehead atoms. The SMILES string of the molecule is O=C(N[C@H]1CCc2ccccc21)C1(Cc2ccccc2F)CN(c2ccncn2)C1. The van der Waals surface area contributed by atoms with E-state index in [2.05, 4.69) is 27.4 Å². The Morgan fingerprint density at radius 3 is 2.73 bits per heavy atom. The van der Waals surface area contributed by atoms with Crippen molar-refractivity contribution in [1.82, 2.24) is 15.3 Å². The zero-order valence-corrected chi connectivity index (χ0v) is 16.6. The highest BCUT2D eigenvalue weighted by molar-refractivity contribution is 5.87. The standard InChI is InChI=1S/C24H23FN4O/c25-20-8-4-2-6-18(20)13-24(14-29(15-24)22-11-12-26-16-27-22)23(30)28-21-10-9-17-5-1-3-7-19(17)21/h1-8,11-12,16,21H,9-10,13-15H2,(H,28,30)/t21-/m0/s1. The summed E-state index contributed by atoms with van der Waals surface area (Å²) >= 11 is 0. The Morgan fingerprint density at radius 2 is 1.93 bits per heavy atom. The third kappa shape index (κ3) is 3.32. The maximum atomic E-state index is 14.4. The molecule has 0 unspecified atom stereocenters. The molecule has 1 N–H and O–H groups in total. The molecule has 1 aliphatic heterocycles. The summed E-state index contributed by atoms with van der Waals surface area (Å²) in [5.74, 6) is 0.502. The van der Waals surface area contributed by atoms with E-state index >= 15 is 0 Å². The van der Waals surface area contributed by atoms with Crippen LogP contribution in [0.1, 0.15) is 29.2 Å². The predicted molar refractivity (Wildman–Crippen MR) is 112 cm³/mol. The molecular weight excluding hydrogens is 379 g/mol. The van der Waals surface area contributed by atoms with E-state index in [1.165, 1.54) is 23.5 Å². The Bertz CT molecular complexity index is 1070. The van der Waals surface area contributed by atoms with Crippen LogP contribution >= 0.6 is 0 Å². The highest BCUT2D eigenvalue weighted by Crippen LogP contribution is 2.39. The molecular formula is C24H23FN4O. The molecule has 152 valence electrons. The lowest BCUT2D eigenvalue weighted by Gasteiger charge is -2.50. The molecule has 1 fully saturated rings. The minimum Gasteiger partial charge on any atom is -0.354 e. The zero-order valence-electron chi connectivity index (χ0n) is 16.6. The van der Waals surface area contributed by atoms with E-state index in [1.807, 2.05) is 29.2 Å². The summed E-state index contributed by atoms with van der Waals surface area (Å²) in [4.78, 5) is 23.8. The van der Waals surface area contributed by atoms with Crippen LogP contribution in [0.5, 0.6) is 0 Å². The van der Waals surface area contributed by atoms with Gasteiger partial charge in [0.05, 0.1) is 11.5 Å². The lowest BCUT2D eigenvalue weighted by molar-refractivity contribution is -0.133. The normalized spacial score (nSPS) is 19.1. The number of fused-ring (bicyclic) bond motifs is 1. The molecule has 0 spiro atoms. The highest BCUT2D eigenvalue weighted by atomic mass is 19.1. The number of hydrogen-bond donors (Lipinski definition) is 1. The summed E-state index contributed by atoms with van der Waals surface area (Å²) < 4.78 is 14.4. The van der Waals surface area contributed by atoms with Crippen molar-refractivity contribution < 1.29 is 9.18 Å². The Labute approximate surface area is 175 Å². The lowest BCUT2D eigenvalue weighted by atomic mass is 9.73. The average molecular weight is 402 g/mol. The largest absolute Gasteiger partial charge is 0.354 e. The monoisotopic (exact) mass is 402 g/mol. The number of halogens is 1. The van der Waals surface area contributed by atoms with Crippen molar-refractivity contribution in [2.24, 2.45) is 5.41 Å². The molecule has 30 heavy (non-hydrogen) atoms. The smallest absolute Gasteiger partial charge is 0.230 e. The molecule has 2 aliphatic rings. The van der Waals surface area contributed by atoms with Gasteiger partial charge in [-0.05, 0) is 48.1 Å². The number of nitrogens with zero attached hydrogens (tertiary/aromatic N) is 3. The number of amides is 1. The predicted octanol–water partition coefficient (Wildman–Crippen LogP) is 3.47. The van der Waals surface area contributed by atoms with Crippen LogP contribution in [0.15, 0.2) is 67.1 Å². The summed E-state index contributed by atoms with van der Waals surface area (Å²) in [6.45, 7) is 0.997. The molecule has 6 heteroatoms. The summed E-state index contributed by atoms with van der Waals surface area (Å²) in [7, 11) is 0. The number of aryl methyl sites for hydroxylation is 1. The molecule has 1 aromatic heterocycles. The molecule has 5 nitrogen and oxygen atoms in total. The fourth-order valence-electron chi connectivity index (χ4n) is 4.68. The van der Waals surface area contributed by atoms with Gasteiger partial charge in [0.2, 0.25) is 5.91 Å².